The van der Waals surface area contributed by atoms with Crippen molar-refractivity contribution in [1.82, 2.24) is 19.9 Å². The Bertz CT molecular complexity index is 821. The maximum absolute atomic E-state index is 12.2. The molecule has 3 rings (SSSR count). The molecule has 1 aromatic heterocycles. The van der Waals surface area contributed by atoms with E-state index in [0.717, 1.165) is 17.0 Å². The van der Waals surface area contributed by atoms with E-state index in [-0.39, 0.29) is 6.09 Å². The molecule has 7 heteroatoms. The fourth-order valence-corrected chi connectivity index (χ4v) is 2.86. The summed E-state index contributed by atoms with van der Waals surface area (Å²) in [6.45, 7) is 9.11. The zero-order chi connectivity index (χ0) is 19.4. The van der Waals surface area contributed by atoms with Gasteiger partial charge < -0.3 is 14.4 Å². The third-order valence-corrected chi connectivity index (χ3v) is 4.08. The molecule has 1 amide bonds. The number of para-hydroxylation sites is 1. The van der Waals surface area contributed by atoms with Crippen LogP contribution in [0.1, 0.15) is 39.8 Å². The predicted octanol–water partition coefficient (Wildman–Crippen LogP) is 3.69. The number of hydrogen-bond donors (Lipinski definition) is 0. The van der Waals surface area contributed by atoms with E-state index >= 15 is 0 Å². The van der Waals surface area contributed by atoms with Gasteiger partial charge in [-0.15, -0.1) is 5.10 Å². The average Bonchev–Trinajstić information content (AvgIpc) is 3.05. The number of ether oxygens (including phenoxy) is 2. The molecule has 1 aliphatic heterocycles. The van der Waals surface area contributed by atoms with Gasteiger partial charge in [0.1, 0.15) is 5.60 Å². The highest BCUT2D eigenvalue weighted by molar-refractivity contribution is 5.73. The molecule has 0 saturated carbocycles. The van der Waals surface area contributed by atoms with Crippen LogP contribution in [0.3, 0.4) is 0 Å². The second-order valence-electron chi connectivity index (χ2n) is 7.33. The van der Waals surface area contributed by atoms with Gasteiger partial charge in [0.05, 0.1) is 12.3 Å². The highest BCUT2D eigenvalue weighted by atomic mass is 16.6. The largest absolute Gasteiger partial charge is 0.476 e. The summed E-state index contributed by atoms with van der Waals surface area (Å²) in [4.78, 5) is 13.9. The molecule has 0 N–H and O–H groups in total. The number of carbonyl (C=O) groups is 1. The predicted molar refractivity (Wildman–Crippen MR) is 103 cm³/mol. The second kappa shape index (κ2) is 7.82. The van der Waals surface area contributed by atoms with Crippen molar-refractivity contribution in [2.75, 3.05) is 19.7 Å². The topological polar surface area (TPSA) is 69.5 Å². The summed E-state index contributed by atoms with van der Waals surface area (Å²) in [5.41, 5.74) is 2.15. The van der Waals surface area contributed by atoms with Gasteiger partial charge in [-0.2, -0.15) is 4.68 Å². The maximum Gasteiger partial charge on any atom is 0.410 e. The molecule has 0 spiro atoms. The molecule has 2 aromatic rings. The van der Waals surface area contributed by atoms with Crippen LogP contribution >= 0.6 is 0 Å². The Hall–Kier alpha value is -2.83. The Balaban J connectivity index is 1.81. The molecule has 0 fully saturated rings. The number of rotatable bonds is 4. The van der Waals surface area contributed by atoms with Gasteiger partial charge in [0.25, 0.3) is 0 Å². The van der Waals surface area contributed by atoms with Gasteiger partial charge in [0.2, 0.25) is 5.88 Å². The normalized spacial score (nSPS) is 14.7. The van der Waals surface area contributed by atoms with E-state index in [4.69, 9.17) is 9.47 Å². The van der Waals surface area contributed by atoms with Gasteiger partial charge in [-0.3, -0.25) is 0 Å². The maximum atomic E-state index is 12.2. The fourth-order valence-electron chi connectivity index (χ4n) is 2.86. The van der Waals surface area contributed by atoms with E-state index in [0.29, 0.717) is 32.0 Å². The quantitative estimate of drug-likeness (QED) is 0.821. The molecular formula is C20H26N4O3. The van der Waals surface area contributed by atoms with Crippen molar-refractivity contribution in [1.29, 1.82) is 0 Å². The van der Waals surface area contributed by atoms with E-state index in [2.05, 4.69) is 10.3 Å². The van der Waals surface area contributed by atoms with Crippen LogP contribution in [0.2, 0.25) is 0 Å². The second-order valence-corrected chi connectivity index (χ2v) is 7.33. The van der Waals surface area contributed by atoms with Crippen molar-refractivity contribution in [3.8, 4) is 11.6 Å². The Morgan fingerprint density at radius 1 is 1.22 bits per heavy atom. The molecule has 0 saturated heterocycles. The molecule has 0 radical (unpaired) electrons. The first-order chi connectivity index (χ1) is 12.9. The molecule has 0 unspecified atom stereocenters. The van der Waals surface area contributed by atoms with Crippen molar-refractivity contribution >= 4 is 11.7 Å². The number of amides is 1. The molecular weight excluding hydrogens is 344 g/mol. The number of nitrogens with zero attached hydrogens (tertiary/aromatic N) is 4. The van der Waals surface area contributed by atoms with E-state index in [9.17, 15) is 4.79 Å². The van der Waals surface area contributed by atoms with Crippen molar-refractivity contribution in [3.05, 3.63) is 42.1 Å². The van der Waals surface area contributed by atoms with E-state index in [1.165, 1.54) is 0 Å². The van der Waals surface area contributed by atoms with Crippen molar-refractivity contribution in [2.24, 2.45) is 0 Å². The lowest BCUT2D eigenvalue weighted by Crippen LogP contribution is -2.39. The third-order valence-electron chi connectivity index (χ3n) is 4.08. The van der Waals surface area contributed by atoms with Crippen LogP contribution in [0, 0.1) is 0 Å². The van der Waals surface area contributed by atoms with Crippen LogP contribution in [0.4, 0.5) is 4.79 Å². The van der Waals surface area contributed by atoms with Crippen molar-refractivity contribution in [3.63, 3.8) is 0 Å². The van der Waals surface area contributed by atoms with Crippen LogP contribution in [0.15, 0.2) is 36.4 Å². The van der Waals surface area contributed by atoms with E-state index in [1.54, 1.807) is 9.58 Å². The Labute approximate surface area is 159 Å². The molecule has 0 atom stereocenters. The van der Waals surface area contributed by atoms with Crippen LogP contribution in [0.25, 0.3) is 11.3 Å². The first-order valence-electron chi connectivity index (χ1n) is 9.20. The lowest BCUT2D eigenvalue weighted by atomic mass is 10.1. The van der Waals surface area contributed by atoms with Crippen molar-refractivity contribution in [2.45, 2.75) is 39.7 Å². The van der Waals surface area contributed by atoms with E-state index in [1.807, 2.05) is 64.1 Å². The lowest BCUT2D eigenvalue weighted by molar-refractivity contribution is 0.0270. The van der Waals surface area contributed by atoms with Crippen molar-refractivity contribution < 1.29 is 14.3 Å². The Morgan fingerprint density at radius 2 is 1.96 bits per heavy atom. The fraction of sp³-hybridized carbons (Fsp3) is 0.450. The molecule has 27 heavy (non-hydrogen) atoms. The molecule has 144 valence electrons. The summed E-state index contributed by atoms with van der Waals surface area (Å²) in [5.74, 6) is 0.626. The number of carbonyl (C=O) groups excluding carboxylic acids is 1. The van der Waals surface area contributed by atoms with Crippen LogP contribution in [-0.2, 0) is 4.74 Å². The van der Waals surface area contributed by atoms with Crippen LogP contribution in [0.5, 0.6) is 5.88 Å². The monoisotopic (exact) mass is 370 g/mol. The molecule has 2 heterocycles. The minimum atomic E-state index is -0.498. The third kappa shape index (κ3) is 4.48. The number of aromatic nitrogens is 3. The molecule has 7 nitrogen and oxygen atoms in total. The summed E-state index contributed by atoms with van der Waals surface area (Å²) in [5, 5.41) is 8.63. The first-order valence-corrected chi connectivity index (χ1v) is 9.20. The molecule has 0 aliphatic carbocycles. The highest BCUT2D eigenvalue weighted by Crippen LogP contribution is 2.30. The minimum absolute atomic E-state index is 0.296. The van der Waals surface area contributed by atoms with E-state index < -0.39 is 5.60 Å². The molecule has 1 aliphatic rings. The Kier molecular flexibility index (Phi) is 5.48. The summed E-state index contributed by atoms with van der Waals surface area (Å²) < 4.78 is 13.0. The van der Waals surface area contributed by atoms with Gasteiger partial charge in [-0.25, -0.2) is 4.79 Å². The first kappa shape index (κ1) is 18.9. The standard InChI is InChI=1S/C20H26N4O3/c1-5-26-18-17(21-22-24(18)16-9-7-6-8-10-16)15-11-13-23(14-12-15)19(25)27-20(2,3)4/h6-11H,5,12-14H2,1-4H3. The van der Waals surface area contributed by atoms with Gasteiger partial charge in [0, 0.05) is 13.1 Å². The summed E-state index contributed by atoms with van der Waals surface area (Å²) in [6.07, 6.45) is 2.37. The SMILES string of the molecule is CCOc1c(C2=CCN(C(=O)OC(C)(C)C)CC2)nnn1-c1ccccc1. The number of hydrogen-bond acceptors (Lipinski definition) is 5. The molecule has 0 bridgehead atoms. The smallest absolute Gasteiger partial charge is 0.410 e. The summed E-state index contributed by atoms with van der Waals surface area (Å²) in [7, 11) is 0. The minimum Gasteiger partial charge on any atom is -0.476 e. The zero-order valence-corrected chi connectivity index (χ0v) is 16.3. The summed E-state index contributed by atoms with van der Waals surface area (Å²) in [6, 6.07) is 9.77. The Morgan fingerprint density at radius 3 is 2.56 bits per heavy atom. The van der Waals surface area contributed by atoms with Gasteiger partial charge in [-0.1, -0.05) is 29.5 Å². The molecule has 1 aromatic carbocycles. The number of benzene rings is 1. The van der Waals surface area contributed by atoms with Gasteiger partial charge in [0.15, 0.2) is 5.69 Å². The van der Waals surface area contributed by atoms with Gasteiger partial charge in [-0.05, 0) is 51.8 Å². The van der Waals surface area contributed by atoms with Crippen LogP contribution < -0.4 is 4.74 Å². The average molecular weight is 370 g/mol. The summed E-state index contributed by atoms with van der Waals surface area (Å²) >= 11 is 0. The zero-order valence-electron chi connectivity index (χ0n) is 16.3. The van der Waals surface area contributed by atoms with Crippen LogP contribution in [-0.4, -0.2) is 51.3 Å². The highest BCUT2D eigenvalue weighted by Gasteiger charge is 2.26. The lowest BCUT2D eigenvalue weighted by Gasteiger charge is -2.29. The van der Waals surface area contributed by atoms with Gasteiger partial charge >= 0.3 is 6.09 Å².